The Morgan fingerprint density at radius 1 is 1.25 bits per heavy atom. The molecule has 2 aromatic heterocycles. The third-order valence-electron chi connectivity index (χ3n) is 4.48. The summed E-state index contributed by atoms with van der Waals surface area (Å²) in [7, 11) is -1.47. The Morgan fingerprint density at radius 3 is 2.64 bits per heavy atom. The third-order valence-corrected chi connectivity index (χ3v) is 5.40. The van der Waals surface area contributed by atoms with Crippen LogP contribution in [0.3, 0.4) is 0 Å². The van der Waals surface area contributed by atoms with Gasteiger partial charge in [0.25, 0.3) is 11.5 Å². The molecule has 1 N–H and O–H groups in total. The molecule has 1 aliphatic rings. The molecule has 0 aliphatic carbocycles. The predicted octanol–water partition coefficient (Wildman–Crippen LogP) is 1.43. The van der Waals surface area contributed by atoms with Crippen molar-refractivity contribution < 1.29 is 9.90 Å². The number of hydrogen-bond acceptors (Lipinski definition) is 4. The summed E-state index contributed by atoms with van der Waals surface area (Å²) >= 11 is 0. The fourth-order valence-electron chi connectivity index (χ4n) is 3.14. The van der Waals surface area contributed by atoms with Gasteiger partial charge in [0.05, 0.1) is 18.1 Å². The molecule has 8 heteroatoms. The van der Waals surface area contributed by atoms with E-state index in [-0.39, 0.29) is 18.0 Å². The number of aliphatic hydroxyl groups excluding tert-OH is 1. The summed E-state index contributed by atoms with van der Waals surface area (Å²) in [6, 6.07) is 3.31. The van der Waals surface area contributed by atoms with Crippen LogP contribution < -0.4 is 5.56 Å². The number of pyridine rings is 1. The Balaban J connectivity index is 1.75. The lowest BCUT2D eigenvalue weighted by Crippen LogP contribution is -2.47. The number of β-amino-alcohol motifs (C(OH)–C–C–N with tert-alkyl or cyclic N) is 1. The molecule has 0 aromatic carbocycles. The number of hydrogen-bond donors (Lipinski definition) is 1. The van der Waals surface area contributed by atoms with Crippen LogP contribution in [0.4, 0.5) is 0 Å². The topological polar surface area (TPSA) is 80.4 Å². The number of imidazole rings is 1. The van der Waals surface area contributed by atoms with Gasteiger partial charge in [0.1, 0.15) is 19.5 Å². The largest absolute Gasteiger partial charge is 0.390 e. The SMILES string of the molecule is Cc1cn(-c2ccc3n(c2=O)CCN(C[C@H](O)CC#C[Si](C)(C)C)C3=O)cn1. The number of aryl methyl sites for hydroxylation is 1. The van der Waals surface area contributed by atoms with Crippen LogP contribution in [0.2, 0.25) is 19.6 Å². The second kappa shape index (κ2) is 7.77. The molecule has 1 atom stereocenters. The van der Waals surface area contributed by atoms with Crippen LogP contribution >= 0.6 is 0 Å². The highest BCUT2D eigenvalue weighted by Crippen LogP contribution is 2.14. The van der Waals surface area contributed by atoms with Gasteiger partial charge in [-0.05, 0) is 19.1 Å². The van der Waals surface area contributed by atoms with E-state index in [9.17, 15) is 14.7 Å². The molecule has 0 saturated heterocycles. The summed E-state index contributed by atoms with van der Waals surface area (Å²) in [6.07, 6.45) is 3.02. The fourth-order valence-corrected chi connectivity index (χ4v) is 3.77. The lowest BCUT2D eigenvalue weighted by Gasteiger charge is -2.31. The minimum absolute atomic E-state index is 0.218. The molecule has 7 nitrogen and oxygen atoms in total. The molecule has 0 spiro atoms. The summed E-state index contributed by atoms with van der Waals surface area (Å²) in [5.41, 5.74) is 4.63. The van der Waals surface area contributed by atoms with Gasteiger partial charge in [0, 0.05) is 32.3 Å². The van der Waals surface area contributed by atoms with Crippen LogP contribution in [0, 0.1) is 18.4 Å². The van der Waals surface area contributed by atoms with Crippen molar-refractivity contribution in [3.8, 4) is 17.2 Å². The van der Waals surface area contributed by atoms with Crippen molar-refractivity contribution in [2.24, 2.45) is 0 Å². The van der Waals surface area contributed by atoms with Gasteiger partial charge in [-0.15, -0.1) is 11.5 Å². The average molecular weight is 399 g/mol. The zero-order chi connectivity index (χ0) is 20.5. The van der Waals surface area contributed by atoms with Gasteiger partial charge >= 0.3 is 0 Å². The third kappa shape index (κ3) is 4.43. The molecule has 3 rings (SSSR count). The summed E-state index contributed by atoms with van der Waals surface area (Å²) in [6.45, 7) is 9.30. The van der Waals surface area contributed by atoms with E-state index in [1.807, 2.05) is 6.92 Å². The maximum absolute atomic E-state index is 12.8. The summed E-state index contributed by atoms with van der Waals surface area (Å²) < 4.78 is 3.17. The van der Waals surface area contributed by atoms with Gasteiger partial charge in [-0.3, -0.25) is 9.59 Å². The number of aliphatic hydroxyl groups is 1. The van der Waals surface area contributed by atoms with Crippen LogP contribution in [0.1, 0.15) is 22.6 Å². The number of carbonyl (C=O) groups is 1. The van der Waals surface area contributed by atoms with E-state index in [2.05, 4.69) is 36.1 Å². The van der Waals surface area contributed by atoms with E-state index in [4.69, 9.17) is 0 Å². The Labute approximate surface area is 165 Å². The van der Waals surface area contributed by atoms with Crippen molar-refractivity contribution in [1.82, 2.24) is 19.0 Å². The van der Waals surface area contributed by atoms with E-state index in [1.54, 1.807) is 34.1 Å². The molecule has 0 radical (unpaired) electrons. The second-order valence-electron chi connectivity index (χ2n) is 8.14. The molecule has 1 amide bonds. The lowest BCUT2D eigenvalue weighted by atomic mass is 10.2. The molecule has 1 aliphatic heterocycles. The first-order valence-corrected chi connectivity index (χ1v) is 12.9. The maximum atomic E-state index is 12.8. The van der Waals surface area contributed by atoms with Gasteiger partial charge in [0.15, 0.2) is 0 Å². The Kier molecular flexibility index (Phi) is 5.58. The number of nitrogens with zero attached hydrogens (tertiary/aromatic N) is 4. The van der Waals surface area contributed by atoms with Crippen LogP contribution in [0.15, 0.2) is 29.5 Å². The molecule has 28 heavy (non-hydrogen) atoms. The molecule has 0 fully saturated rings. The molecule has 2 aromatic rings. The van der Waals surface area contributed by atoms with Crippen LogP contribution in [-0.2, 0) is 6.54 Å². The van der Waals surface area contributed by atoms with Crippen molar-refractivity contribution in [3.05, 3.63) is 46.4 Å². The number of fused-ring (bicyclic) bond motifs is 1. The standard InChI is InChI=1S/C20H26N4O3Si/c1-15-12-23(14-21-15)17-7-8-18-19(26)22(9-10-24(18)20(17)27)13-16(25)6-5-11-28(2,3)4/h7-8,12,14,16,25H,6,9-10,13H2,1-4H3/t16-/m1/s1. The maximum Gasteiger partial charge on any atom is 0.275 e. The smallest absolute Gasteiger partial charge is 0.275 e. The molecular formula is C20H26N4O3Si. The van der Waals surface area contributed by atoms with E-state index in [0.717, 1.165) is 5.69 Å². The predicted molar refractivity (Wildman–Crippen MR) is 110 cm³/mol. The number of carbonyl (C=O) groups excluding carboxylic acids is 1. The Bertz CT molecular complexity index is 1010. The number of amides is 1. The zero-order valence-corrected chi connectivity index (χ0v) is 17.8. The zero-order valence-electron chi connectivity index (χ0n) is 16.8. The minimum Gasteiger partial charge on any atom is -0.390 e. The number of aromatic nitrogens is 3. The van der Waals surface area contributed by atoms with Crippen molar-refractivity contribution in [1.29, 1.82) is 0 Å². The molecule has 3 heterocycles. The lowest BCUT2D eigenvalue weighted by molar-refractivity contribution is 0.0569. The highest BCUT2D eigenvalue weighted by Gasteiger charge is 2.27. The van der Waals surface area contributed by atoms with Crippen LogP contribution in [0.25, 0.3) is 5.69 Å². The van der Waals surface area contributed by atoms with Crippen LogP contribution in [-0.4, -0.2) is 57.3 Å². The average Bonchev–Trinajstić information content (AvgIpc) is 3.03. The van der Waals surface area contributed by atoms with Crippen molar-refractivity contribution in [2.45, 2.75) is 45.6 Å². The quantitative estimate of drug-likeness (QED) is 0.624. The first-order chi connectivity index (χ1) is 13.2. The highest BCUT2D eigenvalue weighted by molar-refractivity contribution is 6.83. The van der Waals surface area contributed by atoms with Gasteiger partial charge in [-0.2, -0.15) is 0 Å². The summed E-state index contributed by atoms with van der Waals surface area (Å²) in [4.78, 5) is 31.4. The van der Waals surface area contributed by atoms with E-state index >= 15 is 0 Å². The van der Waals surface area contributed by atoms with Gasteiger partial charge < -0.3 is 19.1 Å². The molecule has 0 unspecified atom stereocenters. The van der Waals surface area contributed by atoms with E-state index in [1.165, 1.54) is 4.57 Å². The Morgan fingerprint density at radius 2 is 2.00 bits per heavy atom. The second-order valence-corrected chi connectivity index (χ2v) is 12.9. The van der Waals surface area contributed by atoms with Crippen LogP contribution in [0.5, 0.6) is 0 Å². The van der Waals surface area contributed by atoms with Gasteiger partial charge in [0.2, 0.25) is 0 Å². The molecular weight excluding hydrogens is 372 g/mol. The first-order valence-electron chi connectivity index (χ1n) is 9.38. The Hall–Kier alpha value is -2.63. The number of rotatable bonds is 4. The fraction of sp³-hybridized carbons (Fsp3) is 0.450. The summed E-state index contributed by atoms with van der Waals surface area (Å²) in [5.74, 6) is 2.80. The van der Waals surface area contributed by atoms with Gasteiger partial charge in [-0.1, -0.05) is 19.6 Å². The van der Waals surface area contributed by atoms with E-state index in [0.29, 0.717) is 30.9 Å². The van der Waals surface area contributed by atoms with Crippen molar-refractivity contribution in [2.75, 3.05) is 13.1 Å². The van der Waals surface area contributed by atoms with Crippen molar-refractivity contribution >= 4 is 14.0 Å². The van der Waals surface area contributed by atoms with E-state index < -0.39 is 14.2 Å². The monoisotopic (exact) mass is 398 g/mol. The normalized spacial score (nSPS) is 15.0. The molecule has 0 bridgehead atoms. The molecule has 0 saturated carbocycles. The van der Waals surface area contributed by atoms with Gasteiger partial charge in [-0.25, -0.2) is 4.98 Å². The summed E-state index contributed by atoms with van der Waals surface area (Å²) in [5, 5.41) is 10.3. The first kappa shape index (κ1) is 20.1. The molecule has 148 valence electrons. The van der Waals surface area contributed by atoms with Crippen molar-refractivity contribution in [3.63, 3.8) is 0 Å². The minimum atomic E-state index is -1.47. The highest BCUT2D eigenvalue weighted by atomic mass is 28.3.